The van der Waals surface area contributed by atoms with Crippen LogP contribution in [0.25, 0.3) is 0 Å². The highest BCUT2D eigenvalue weighted by Crippen LogP contribution is 2.74. The number of para-hydroxylation sites is 7. The van der Waals surface area contributed by atoms with Gasteiger partial charge in [0.1, 0.15) is 64.7 Å². The molecule has 13 aromatic carbocycles. The number of thiol groups is 1. The van der Waals surface area contributed by atoms with Gasteiger partial charge < -0.3 is 41.1 Å². The van der Waals surface area contributed by atoms with E-state index in [2.05, 4.69) is 121 Å². The summed E-state index contributed by atoms with van der Waals surface area (Å²) in [6, 6.07) is 123. The van der Waals surface area contributed by atoms with Crippen LogP contribution in [-0.2, 0) is 67.6 Å². The first-order valence-electron chi connectivity index (χ1n) is 34.4. The first-order valence-corrected chi connectivity index (χ1v) is 51.7. The Morgan fingerprint density at radius 2 is 0.418 bits per heavy atom. The van der Waals surface area contributed by atoms with Crippen molar-refractivity contribution >= 4 is 140 Å². The van der Waals surface area contributed by atoms with Crippen molar-refractivity contribution in [3.05, 3.63) is 394 Å². The van der Waals surface area contributed by atoms with E-state index >= 15 is 0 Å². The van der Waals surface area contributed by atoms with E-state index in [0.29, 0.717) is 40.2 Å². The second-order valence-corrected chi connectivity index (χ2v) is 50.8. The van der Waals surface area contributed by atoms with E-state index in [4.69, 9.17) is 97.9 Å². The van der Waals surface area contributed by atoms with Crippen molar-refractivity contribution in [1.82, 2.24) is 0 Å². The van der Waals surface area contributed by atoms with Crippen molar-refractivity contribution in [1.29, 1.82) is 0 Å². The van der Waals surface area contributed by atoms with Gasteiger partial charge in [0, 0.05) is 0 Å². The van der Waals surface area contributed by atoms with Crippen molar-refractivity contribution in [3.63, 3.8) is 0 Å². The third-order valence-electron chi connectivity index (χ3n) is 16.1. The van der Waals surface area contributed by atoms with Crippen molar-refractivity contribution in [2.45, 2.75) is 24.4 Å². The fourth-order valence-electron chi connectivity index (χ4n) is 10.9. The molecule has 13 aromatic rings. The zero-order valence-corrected chi connectivity index (χ0v) is 69.0. The fraction of sp³-hybridized carbons (Fsp3) is 0.0714. The highest BCUT2D eigenvalue weighted by atomic mass is 33.5. The Morgan fingerprint density at radius 1 is 0.255 bits per heavy atom. The summed E-state index contributed by atoms with van der Waals surface area (Å²) < 4.78 is 104. The van der Waals surface area contributed by atoms with Gasteiger partial charge in [0.25, 0.3) is 0 Å². The van der Waals surface area contributed by atoms with Crippen LogP contribution in [0.1, 0.15) is 0 Å². The molecular formula is C84H74O14P6S6. The third-order valence-corrected chi connectivity index (χ3v) is 45.2. The topological polar surface area (TPSA) is 153 Å². The summed E-state index contributed by atoms with van der Waals surface area (Å²) in [7, 11) is -8.69. The summed E-state index contributed by atoms with van der Waals surface area (Å²) in [6.07, 6.45) is -3.12. The van der Waals surface area contributed by atoms with Crippen LogP contribution in [0.4, 0.5) is 0 Å². The maximum Gasteiger partial charge on any atom is 0.647 e. The summed E-state index contributed by atoms with van der Waals surface area (Å²) in [5.41, 5.74) is 0. The predicted octanol–water partition coefficient (Wildman–Crippen LogP) is 21.8. The van der Waals surface area contributed by atoms with Gasteiger partial charge in [-0.2, -0.15) is 4.57 Å². The number of benzene rings is 13. The summed E-state index contributed by atoms with van der Waals surface area (Å²) in [5, 5.41) is 1.11. The largest absolute Gasteiger partial charge is 0.647 e. The molecule has 0 amide bonds. The SMILES string of the molecule is O=P(Oc1ccccc1)(Oc1ccccc1)OC1COC2C(OP(=O)(Oc3ccccc3)Oc3ccccc3)COC12.O=P(Oc1ccccc1)(Oc1ccccc1)Oc1ccccc1.S=P(S)(c1ccccc1)c1ccccc1.S=P(SSP(=S)(c1ccccc1)c1ccccc1)(c1ccccc1)c1ccccc1. The van der Waals surface area contributed by atoms with Gasteiger partial charge in [-0.3, -0.25) is 9.05 Å². The maximum atomic E-state index is 13.9. The third kappa shape index (κ3) is 23.1. The molecule has 0 bridgehead atoms. The average molecular weight is 1690 g/mol. The van der Waals surface area contributed by atoms with Crippen LogP contribution in [0.5, 0.6) is 40.2 Å². The molecule has 2 aliphatic heterocycles. The highest BCUT2D eigenvalue weighted by Gasteiger charge is 2.55. The van der Waals surface area contributed by atoms with Crippen LogP contribution in [0.15, 0.2) is 394 Å². The predicted molar refractivity (Wildman–Crippen MR) is 465 cm³/mol. The molecule has 0 aromatic heterocycles. The second-order valence-electron chi connectivity index (χ2n) is 23.9. The summed E-state index contributed by atoms with van der Waals surface area (Å²) in [4.78, 5) is 0. The molecular weight excluding hydrogens is 1610 g/mol. The van der Waals surface area contributed by atoms with E-state index in [1.54, 1.807) is 194 Å². The molecule has 0 radical (unpaired) electrons. The van der Waals surface area contributed by atoms with Gasteiger partial charge in [-0.1, -0.05) is 345 Å². The number of rotatable bonds is 27. The molecule has 2 aliphatic rings. The molecule has 4 unspecified atom stereocenters. The Morgan fingerprint density at radius 3 is 0.609 bits per heavy atom. The standard InChI is InChI=1S/C30H28O10P2.C24H20P2S4.C18H15O4P.C12H11PS2/c31-41(35-23-13-5-1-6-14-23,36-24-15-7-2-8-16-24)39-27-21-33-30-28(22-34-29(27)30)40-42(32,37-25-17-9-3-10-18-25)38-26-19-11-4-12-20-26;27-25(21-13-5-1-6-14-21,22-15-7-2-8-16-22)29-30-26(28,23-17-9-3-10-18-23)24-19-11-4-12-20-24;19-23(20-16-10-4-1-5-11-16,21-17-12-6-2-7-13-17)22-18-14-8-3-9-15-18;14-13(15,11-7-3-1-4-8-11)12-9-5-2-6-10-12/h1-20,27-30H,21-22H2;1-20H;1-15H;1-10H,(H,14,15). The van der Waals surface area contributed by atoms with Crippen LogP contribution in [-0.4, -0.2) is 37.6 Å². The molecule has 2 fully saturated rings. The summed E-state index contributed by atoms with van der Waals surface area (Å²) in [6.45, 7) is -0.00224. The molecule has 110 heavy (non-hydrogen) atoms. The molecule has 15 rings (SSSR count). The zero-order valence-electron chi connectivity index (χ0n) is 58.6. The molecule has 0 aliphatic carbocycles. The maximum absolute atomic E-state index is 13.9. The van der Waals surface area contributed by atoms with E-state index in [0.717, 1.165) is 10.6 Å². The Kier molecular flexibility index (Phi) is 29.6. The first kappa shape index (κ1) is 81.5. The van der Waals surface area contributed by atoms with Crippen LogP contribution < -0.4 is 63.5 Å². The van der Waals surface area contributed by atoms with Crippen LogP contribution in [0.3, 0.4) is 0 Å². The monoisotopic (exact) mass is 1680 g/mol. The Hall–Kier alpha value is -8.01. The number of fused-ring (bicyclic) bond motifs is 1. The lowest BCUT2D eigenvalue weighted by Crippen LogP contribution is -2.34. The summed E-state index contributed by atoms with van der Waals surface area (Å²) in [5.74, 6) is 2.43. The average Bonchev–Trinajstić information content (AvgIpc) is 1.26. The smallest absolute Gasteiger partial charge is 0.395 e. The van der Waals surface area contributed by atoms with E-state index < -0.39 is 63.6 Å². The minimum atomic E-state index is -4.22. The van der Waals surface area contributed by atoms with E-state index in [1.807, 2.05) is 99.7 Å². The van der Waals surface area contributed by atoms with Gasteiger partial charge in [0.15, 0.2) is 0 Å². The normalized spacial score (nSPS) is 15.4. The molecule has 0 spiro atoms. The number of ether oxygens (including phenoxy) is 2. The van der Waals surface area contributed by atoms with Crippen LogP contribution in [0, 0.1) is 0 Å². The Bertz CT molecular complexity index is 4710. The van der Waals surface area contributed by atoms with Crippen molar-refractivity contribution in [2.75, 3.05) is 13.2 Å². The van der Waals surface area contributed by atoms with Crippen LogP contribution in [0.2, 0.25) is 0 Å². The molecule has 0 saturated carbocycles. The molecule has 0 N–H and O–H groups in total. The molecule has 2 saturated heterocycles. The lowest BCUT2D eigenvalue weighted by molar-refractivity contribution is 0.00417. The number of hydrogen-bond acceptors (Lipinski definition) is 19. The van der Waals surface area contributed by atoms with E-state index in [1.165, 1.54) is 21.2 Å². The van der Waals surface area contributed by atoms with Gasteiger partial charge in [-0.05, 0) is 138 Å². The van der Waals surface area contributed by atoms with Gasteiger partial charge in [-0.15, -0.1) is 12.2 Å². The van der Waals surface area contributed by atoms with Gasteiger partial charge >= 0.3 is 23.5 Å². The number of hydrogen-bond donors (Lipinski definition) is 1. The minimum Gasteiger partial charge on any atom is -0.395 e. The van der Waals surface area contributed by atoms with Crippen molar-refractivity contribution in [2.24, 2.45) is 0 Å². The quantitative estimate of drug-likeness (QED) is 0.0295. The molecule has 26 heteroatoms. The number of phosphoric ester groups is 3. The molecule has 2 heterocycles. The van der Waals surface area contributed by atoms with Crippen LogP contribution >= 0.6 is 72.3 Å². The minimum absolute atomic E-state index is 0.00112. The van der Waals surface area contributed by atoms with E-state index in [-0.39, 0.29) is 13.2 Å². The second kappa shape index (κ2) is 39.9. The lowest BCUT2D eigenvalue weighted by Gasteiger charge is -2.27. The van der Waals surface area contributed by atoms with Gasteiger partial charge in [0.05, 0.1) is 28.9 Å². The zero-order chi connectivity index (χ0) is 76.4. The highest BCUT2D eigenvalue weighted by molar-refractivity contribution is 9.21. The molecule has 560 valence electrons. The number of phosphoric acid groups is 3. The summed E-state index contributed by atoms with van der Waals surface area (Å²) >= 11 is 23.2. The lowest BCUT2D eigenvalue weighted by atomic mass is 10.1. The van der Waals surface area contributed by atoms with Crippen molar-refractivity contribution < 1.29 is 63.9 Å². The van der Waals surface area contributed by atoms with E-state index in [9.17, 15) is 13.7 Å². The molecule has 14 nitrogen and oxygen atoms in total. The first-order chi connectivity index (χ1) is 53.5. The Balaban J connectivity index is 0.000000145. The van der Waals surface area contributed by atoms with Gasteiger partial charge in [0.2, 0.25) is 0 Å². The molecule has 4 atom stereocenters. The van der Waals surface area contributed by atoms with Gasteiger partial charge in [-0.25, -0.2) is 9.13 Å². The Labute approximate surface area is 670 Å². The van der Waals surface area contributed by atoms with Crippen molar-refractivity contribution in [3.8, 4) is 40.2 Å². The fourth-order valence-corrected chi connectivity index (χ4v) is 40.1.